The molecule has 0 spiro atoms. The molecular formula is C16H23NO. The SMILES string of the molecule is CCNCc1ccccc1OC1CC2CCC1C2. The van der Waals surface area contributed by atoms with Crippen molar-refractivity contribution in [3.63, 3.8) is 0 Å². The van der Waals surface area contributed by atoms with Crippen LogP contribution in [-0.4, -0.2) is 12.6 Å². The molecule has 1 aromatic carbocycles. The van der Waals surface area contributed by atoms with E-state index in [4.69, 9.17) is 4.74 Å². The van der Waals surface area contributed by atoms with E-state index in [0.29, 0.717) is 6.10 Å². The minimum atomic E-state index is 0.478. The first-order valence-corrected chi connectivity index (χ1v) is 7.32. The Morgan fingerprint density at radius 3 is 2.83 bits per heavy atom. The number of benzene rings is 1. The number of hydrogen-bond acceptors (Lipinski definition) is 2. The van der Waals surface area contributed by atoms with Gasteiger partial charge in [-0.15, -0.1) is 0 Å². The van der Waals surface area contributed by atoms with E-state index in [0.717, 1.165) is 30.7 Å². The van der Waals surface area contributed by atoms with Crippen molar-refractivity contribution in [1.29, 1.82) is 0 Å². The predicted molar refractivity (Wildman–Crippen MR) is 73.7 cm³/mol. The average molecular weight is 245 g/mol. The highest BCUT2D eigenvalue weighted by molar-refractivity contribution is 5.33. The first kappa shape index (κ1) is 12.0. The zero-order chi connectivity index (χ0) is 12.4. The monoisotopic (exact) mass is 245 g/mol. The zero-order valence-electron chi connectivity index (χ0n) is 11.2. The molecule has 0 heterocycles. The Labute approximate surface area is 110 Å². The molecule has 0 radical (unpaired) electrons. The number of nitrogens with one attached hydrogen (secondary N) is 1. The molecule has 0 aliphatic heterocycles. The standard InChI is InChI=1S/C16H23NO/c1-2-17-11-14-5-3-4-6-15(14)18-16-10-12-7-8-13(16)9-12/h3-6,12-13,16-17H,2,7-11H2,1H3. The highest BCUT2D eigenvalue weighted by atomic mass is 16.5. The van der Waals surface area contributed by atoms with E-state index in [1.54, 1.807) is 0 Å². The molecule has 0 saturated heterocycles. The molecule has 2 aliphatic rings. The van der Waals surface area contributed by atoms with E-state index in [-0.39, 0.29) is 0 Å². The minimum Gasteiger partial charge on any atom is -0.490 e. The first-order chi connectivity index (χ1) is 8.86. The van der Waals surface area contributed by atoms with Gasteiger partial charge in [-0.1, -0.05) is 25.1 Å². The molecule has 2 fully saturated rings. The quantitative estimate of drug-likeness (QED) is 0.859. The molecule has 2 heteroatoms. The van der Waals surface area contributed by atoms with Crippen LogP contribution in [0.15, 0.2) is 24.3 Å². The summed E-state index contributed by atoms with van der Waals surface area (Å²) in [5.41, 5.74) is 1.29. The van der Waals surface area contributed by atoms with Gasteiger partial charge in [0.2, 0.25) is 0 Å². The van der Waals surface area contributed by atoms with Crippen molar-refractivity contribution in [2.24, 2.45) is 11.8 Å². The molecule has 3 unspecified atom stereocenters. The van der Waals surface area contributed by atoms with Crippen LogP contribution in [0.1, 0.15) is 38.2 Å². The lowest BCUT2D eigenvalue weighted by atomic mass is 9.97. The maximum atomic E-state index is 6.30. The summed E-state index contributed by atoms with van der Waals surface area (Å²) < 4.78 is 6.30. The highest BCUT2D eigenvalue weighted by Gasteiger charge is 2.41. The molecule has 2 saturated carbocycles. The van der Waals surface area contributed by atoms with Crippen molar-refractivity contribution < 1.29 is 4.74 Å². The van der Waals surface area contributed by atoms with Crippen molar-refractivity contribution in [3.05, 3.63) is 29.8 Å². The third-order valence-corrected chi connectivity index (χ3v) is 4.49. The van der Waals surface area contributed by atoms with Gasteiger partial charge in [-0.3, -0.25) is 0 Å². The molecule has 98 valence electrons. The van der Waals surface area contributed by atoms with Gasteiger partial charge in [0.25, 0.3) is 0 Å². The lowest BCUT2D eigenvalue weighted by molar-refractivity contribution is 0.137. The molecule has 1 aromatic rings. The number of para-hydroxylation sites is 1. The summed E-state index contributed by atoms with van der Waals surface area (Å²) in [7, 11) is 0. The Morgan fingerprint density at radius 1 is 1.22 bits per heavy atom. The Hall–Kier alpha value is -1.02. The summed E-state index contributed by atoms with van der Waals surface area (Å²) in [5.74, 6) is 2.86. The number of ether oxygens (including phenoxy) is 1. The third kappa shape index (κ3) is 2.39. The Kier molecular flexibility index (Phi) is 3.55. The maximum absolute atomic E-state index is 6.30. The fourth-order valence-electron chi connectivity index (χ4n) is 3.52. The number of fused-ring (bicyclic) bond motifs is 2. The molecule has 0 amide bonds. The van der Waals surface area contributed by atoms with Crippen molar-refractivity contribution in [2.75, 3.05) is 6.54 Å². The molecule has 18 heavy (non-hydrogen) atoms. The second-order valence-corrected chi connectivity index (χ2v) is 5.72. The van der Waals surface area contributed by atoms with Gasteiger partial charge in [0.05, 0.1) is 0 Å². The third-order valence-electron chi connectivity index (χ3n) is 4.49. The van der Waals surface area contributed by atoms with Gasteiger partial charge in [-0.25, -0.2) is 0 Å². The summed E-state index contributed by atoms with van der Waals surface area (Å²) in [5, 5.41) is 3.38. The van der Waals surface area contributed by atoms with Crippen LogP contribution in [0.5, 0.6) is 5.75 Å². The first-order valence-electron chi connectivity index (χ1n) is 7.32. The van der Waals surface area contributed by atoms with E-state index < -0.39 is 0 Å². The van der Waals surface area contributed by atoms with Crippen LogP contribution in [0, 0.1) is 11.8 Å². The van der Waals surface area contributed by atoms with E-state index >= 15 is 0 Å². The lowest BCUT2D eigenvalue weighted by Gasteiger charge is -2.24. The predicted octanol–water partition coefficient (Wildman–Crippen LogP) is 3.36. The zero-order valence-corrected chi connectivity index (χ0v) is 11.2. The summed E-state index contributed by atoms with van der Waals surface area (Å²) in [4.78, 5) is 0. The van der Waals surface area contributed by atoms with Crippen molar-refractivity contribution in [1.82, 2.24) is 5.32 Å². The van der Waals surface area contributed by atoms with Gasteiger partial charge in [0, 0.05) is 12.1 Å². The highest BCUT2D eigenvalue weighted by Crippen LogP contribution is 2.46. The van der Waals surface area contributed by atoms with E-state index in [1.807, 2.05) is 0 Å². The van der Waals surface area contributed by atoms with Crippen LogP contribution in [-0.2, 0) is 6.54 Å². The van der Waals surface area contributed by atoms with Gasteiger partial charge >= 0.3 is 0 Å². The average Bonchev–Trinajstić information content (AvgIpc) is 3.00. The van der Waals surface area contributed by atoms with Gasteiger partial charge in [-0.2, -0.15) is 0 Å². The summed E-state index contributed by atoms with van der Waals surface area (Å²) in [6.07, 6.45) is 5.97. The number of rotatable bonds is 5. The van der Waals surface area contributed by atoms with E-state index in [1.165, 1.54) is 31.2 Å². The van der Waals surface area contributed by atoms with Gasteiger partial charge in [-0.05, 0) is 50.1 Å². The normalized spacial score (nSPS) is 29.7. The van der Waals surface area contributed by atoms with Gasteiger partial charge < -0.3 is 10.1 Å². The molecule has 2 bridgehead atoms. The Morgan fingerprint density at radius 2 is 2.11 bits per heavy atom. The molecule has 0 aromatic heterocycles. The summed E-state index contributed by atoms with van der Waals surface area (Å²) in [6, 6.07) is 8.47. The van der Waals surface area contributed by atoms with Crippen molar-refractivity contribution >= 4 is 0 Å². The Balaban J connectivity index is 1.68. The summed E-state index contributed by atoms with van der Waals surface area (Å²) >= 11 is 0. The van der Waals surface area contributed by atoms with Crippen LogP contribution in [0.3, 0.4) is 0 Å². The largest absolute Gasteiger partial charge is 0.490 e. The topological polar surface area (TPSA) is 21.3 Å². The molecule has 1 N–H and O–H groups in total. The van der Waals surface area contributed by atoms with Crippen molar-refractivity contribution in [2.45, 2.75) is 45.3 Å². The van der Waals surface area contributed by atoms with E-state index in [2.05, 4.69) is 36.5 Å². The molecule has 3 rings (SSSR count). The van der Waals surface area contributed by atoms with Crippen LogP contribution < -0.4 is 10.1 Å². The number of hydrogen-bond donors (Lipinski definition) is 1. The van der Waals surface area contributed by atoms with E-state index in [9.17, 15) is 0 Å². The van der Waals surface area contributed by atoms with Crippen molar-refractivity contribution in [3.8, 4) is 5.75 Å². The lowest BCUT2D eigenvalue weighted by Crippen LogP contribution is -2.24. The molecule has 3 atom stereocenters. The molecular weight excluding hydrogens is 222 g/mol. The molecule has 2 aliphatic carbocycles. The maximum Gasteiger partial charge on any atom is 0.124 e. The second-order valence-electron chi connectivity index (χ2n) is 5.72. The smallest absolute Gasteiger partial charge is 0.124 e. The second kappa shape index (κ2) is 5.31. The fraction of sp³-hybridized carbons (Fsp3) is 0.625. The summed E-state index contributed by atoms with van der Waals surface area (Å²) in [6.45, 7) is 4.05. The minimum absolute atomic E-state index is 0.478. The van der Waals surface area contributed by atoms with Crippen LogP contribution in [0.25, 0.3) is 0 Å². The van der Waals surface area contributed by atoms with Crippen LogP contribution in [0.2, 0.25) is 0 Å². The molecule has 2 nitrogen and oxygen atoms in total. The van der Waals surface area contributed by atoms with Gasteiger partial charge in [0.1, 0.15) is 11.9 Å². The Bertz CT molecular complexity index is 404. The van der Waals surface area contributed by atoms with Crippen LogP contribution in [0.4, 0.5) is 0 Å². The van der Waals surface area contributed by atoms with Gasteiger partial charge in [0.15, 0.2) is 0 Å². The fourth-order valence-corrected chi connectivity index (χ4v) is 3.52. The van der Waals surface area contributed by atoms with Crippen LogP contribution >= 0.6 is 0 Å².